The number of carbonyl (C=O) groups is 2. The minimum atomic E-state index is -0.755. The second-order valence-electron chi connectivity index (χ2n) is 6.66. The average molecular weight is 420 g/mol. The number of methoxy groups -OCH3 is 2. The Morgan fingerprint density at radius 3 is 2.19 bits per heavy atom. The molecule has 0 unspecified atom stereocenters. The van der Waals surface area contributed by atoms with Gasteiger partial charge < -0.3 is 18.9 Å². The second-order valence-corrected chi connectivity index (χ2v) is 6.66. The Labute approximate surface area is 181 Å². The van der Waals surface area contributed by atoms with Gasteiger partial charge in [-0.2, -0.15) is 0 Å². The molecule has 6 heteroatoms. The van der Waals surface area contributed by atoms with Gasteiger partial charge in [-0.3, -0.25) is 0 Å². The highest BCUT2D eigenvalue weighted by Crippen LogP contribution is 2.22. The van der Waals surface area contributed by atoms with E-state index < -0.39 is 11.9 Å². The third-order valence-corrected chi connectivity index (χ3v) is 4.60. The maximum atomic E-state index is 11.7. The minimum absolute atomic E-state index is 0.182. The van der Waals surface area contributed by atoms with Gasteiger partial charge in [-0.25, -0.2) is 9.59 Å². The largest absolute Gasteiger partial charge is 0.490 e. The summed E-state index contributed by atoms with van der Waals surface area (Å²) in [6.45, 7) is 0.780. The maximum absolute atomic E-state index is 11.7. The number of hydrogen-bond donors (Lipinski definition) is 0. The SMILES string of the molecule is COC(=O)C(=Cc1ccc(OCCOc2ccc3c(c2)CC=CC=C3)cc1)C(=O)OC. The van der Waals surface area contributed by atoms with Gasteiger partial charge in [0.15, 0.2) is 0 Å². The van der Waals surface area contributed by atoms with Crippen LogP contribution in [0.15, 0.2) is 66.3 Å². The fourth-order valence-corrected chi connectivity index (χ4v) is 3.01. The highest BCUT2D eigenvalue weighted by molar-refractivity contribution is 6.17. The lowest BCUT2D eigenvalue weighted by atomic mass is 10.1. The van der Waals surface area contributed by atoms with Gasteiger partial charge in [-0.05, 0) is 53.5 Å². The fourth-order valence-electron chi connectivity index (χ4n) is 3.01. The summed E-state index contributed by atoms with van der Waals surface area (Å²) in [5.41, 5.74) is 2.89. The molecular formula is C25H24O6. The van der Waals surface area contributed by atoms with Crippen molar-refractivity contribution in [2.75, 3.05) is 27.4 Å². The first-order valence-electron chi connectivity index (χ1n) is 9.81. The zero-order valence-corrected chi connectivity index (χ0v) is 17.5. The number of rotatable bonds is 8. The van der Waals surface area contributed by atoms with Gasteiger partial charge in [0.25, 0.3) is 0 Å². The molecule has 3 rings (SSSR count). The van der Waals surface area contributed by atoms with Crippen LogP contribution in [-0.2, 0) is 25.5 Å². The molecule has 0 fully saturated rings. The van der Waals surface area contributed by atoms with E-state index in [1.54, 1.807) is 24.3 Å². The molecule has 1 aliphatic carbocycles. The molecule has 31 heavy (non-hydrogen) atoms. The molecule has 0 heterocycles. The third-order valence-electron chi connectivity index (χ3n) is 4.60. The summed E-state index contributed by atoms with van der Waals surface area (Å²) in [7, 11) is 2.41. The molecule has 0 N–H and O–H groups in total. The van der Waals surface area contributed by atoms with Crippen LogP contribution in [0.2, 0.25) is 0 Å². The Morgan fingerprint density at radius 1 is 0.871 bits per heavy atom. The smallest absolute Gasteiger partial charge is 0.345 e. The number of hydrogen-bond acceptors (Lipinski definition) is 6. The van der Waals surface area contributed by atoms with Crippen molar-refractivity contribution in [2.45, 2.75) is 6.42 Å². The van der Waals surface area contributed by atoms with Crippen molar-refractivity contribution in [3.63, 3.8) is 0 Å². The quantitative estimate of drug-likeness (QED) is 0.211. The molecule has 0 radical (unpaired) electrons. The fraction of sp³-hybridized carbons (Fsp3) is 0.200. The lowest BCUT2D eigenvalue weighted by Gasteiger charge is -2.11. The topological polar surface area (TPSA) is 71.1 Å². The summed E-state index contributed by atoms with van der Waals surface area (Å²) in [4.78, 5) is 23.5. The van der Waals surface area contributed by atoms with Crippen LogP contribution in [-0.4, -0.2) is 39.4 Å². The predicted molar refractivity (Wildman–Crippen MR) is 118 cm³/mol. The summed E-state index contributed by atoms with van der Waals surface area (Å²) in [6, 6.07) is 13.0. The standard InChI is InChI=1S/C25H24O6/c1-28-24(26)23(25(27)29-2)16-18-8-11-21(12-9-18)30-14-15-31-22-13-10-19-6-4-3-5-7-20(19)17-22/h3-6,8-13,16-17H,7,14-15H2,1-2H3. The minimum Gasteiger partial charge on any atom is -0.490 e. The van der Waals surface area contributed by atoms with Crippen molar-refractivity contribution in [3.05, 3.63) is 83.0 Å². The first-order valence-corrected chi connectivity index (χ1v) is 9.81. The Balaban J connectivity index is 1.53. The van der Waals surface area contributed by atoms with Crippen LogP contribution in [0.4, 0.5) is 0 Å². The molecule has 2 aromatic rings. The second kappa shape index (κ2) is 10.8. The summed E-state index contributed by atoms with van der Waals surface area (Å²) in [6.07, 6.45) is 10.6. The molecule has 2 aromatic carbocycles. The van der Waals surface area contributed by atoms with Crippen molar-refractivity contribution in [1.82, 2.24) is 0 Å². The van der Waals surface area contributed by atoms with Crippen molar-refractivity contribution in [3.8, 4) is 11.5 Å². The van der Waals surface area contributed by atoms with Crippen molar-refractivity contribution in [1.29, 1.82) is 0 Å². The van der Waals surface area contributed by atoms with Crippen LogP contribution in [0, 0.1) is 0 Å². The van der Waals surface area contributed by atoms with Crippen LogP contribution in [0.3, 0.4) is 0 Å². The van der Waals surface area contributed by atoms with E-state index >= 15 is 0 Å². The van der Waals surface area contributed by atoms with E-state index in [0.29, 0.717) is 24.5 Å². The first-order chi connectivity index (χ1) is 15.1. The number of benzene rings is 2. The number of fused-ring (bicyclic) bond motifs is 1. The Morgan fingerprint density at radius 2 is 1.52 bits per heavy atom. The molecule has 0 atom stereocenters. The molecule has 0 saturated heterocycles. The zero-order chi connectivity index (χ0) is 22.1. The van der Waals surface area contributed by atoms with Gasteiger partial charge in [0.05, 0.1) is 14.2 Å². The van der Waals surface area contributed by atoms with E-state index in [-0.39, 0.29) is 5.57 Å². The summed E-state index contributed by atoms with van der Waals surface area (Å²) < 4.78 is 20.7. The van der Waals surface area contributed by atoms with Crippen molar-refractivity contribution < 1.29 is 28.5 Å². The lowest BCUT2D eigenvalue weighted by molar-refractivity contribution is -0.143. The summed E-state index contributed by atoms with van der Waals surface area (Å²) in [5, 5.41) is 0. The summed E-state index contributed by atoms with van der Waals surface area (Å²) in [5.74, 6) is -0.0522. The normalized spacial score (nSPS) is 11.7. The van der Waals surface area contributed by atoms with Crippen LogP contribution in [0.1, 0.15) is 16.7 Å². The predicted octanol–water partition coefficient (Wildman–Crippen LogP) is 4.00. The molecule has 0 aliphatic heterocycles. The molecule has 0 saturated carbocycles. The molecule has 1 aliphatic rings. The molecule has 0 bridgehead atoms. The number of ether oxygens (including phenoxy) is 4. The molecule has 6 nitrogen and oxygen atoms in total. The van der Waals surface area contributed by atoms with Crippen LogP contribution in [0.5, 0.6) is 11.5 Å². The van der Waals surface area contributed by atoms with Crippen molar-refractivity contribution >= 4 is 24.1 Å². The molecular weight excluding hydrogens is 396 g/mol. The van der Waals surface area contributed by atoms with Gasteiger partial charge in [-0.1, -0.05) is 42.5 Å². The first kappa shape index (κ1) is 21.9. The average Bonchev–Trinajstić information content (AvgIpc) is 3.05. The van der Waals surface area contributed by atoms with E-state index in [1.165, 1.54) is 31.4 Å². The number of allylic oxidation sites excluding steroid dienone is 3. The highest BCUT2D eigenvalue weighted by Gasteiger charge is 2.19. The van der Waals surface area contributed by atoms with Crippen LogP contribution < -0.4 is 9.47 Å². The third kappa shape index (κ3) is 6.09. The highest BCUT2D eigenvalue weighted by atomic mass is 16.5. The Bertz CT molecular complexity index is 997. The lowest BCUT2D eigenvalue weighted by Crippen LogP contribution is -2.15. The van der Waals surface area contributed by atoms with Gasteiger partial charge in [0, 0.05) is 0 Å². The number of esters is 2. The van der Waals surface area contributed by atoms with Gasteiger partial charge >= 0.3 is 11.9 Å². The number of carbonyl (C=O) groups excluding carboxylic acids is 2. The maximum Gasteiger partial charge on any atom is 0.345 e. The Hall–Kier alpha value is -3.80. The van der Waals surface area contributed by atoms with E-state index in [2.05, 4.69) is 33.8 Å². The van der Waals surface area contributed by atoms with Crippen LogP contribution >= 0.6 is 0 Å². The van der Waals surface area contributed by atoms with Gasteiger partial charge in [0.2, 0.25) is 0 Å². The monoisotopic (exact) mass is 420 g/mol. The molecule has 0 spiro atoms. The van der Waals surface area contributed by atoms with E-state index in [9.17, 15) is 9.59 Å². The van der Waals surface area contributed by atoms with E-state index in [0.717, 1.165) is 12.2 Å². The van der Waals surface area contributed by atoms with Crippen molar-refractivity contribution in [2.24, 2.45) is 0 Å². The molecule has 0 aromatic heterocycles. The van der Waals surface area contributed by atoms with Gasteiger partial charge in [-0.15, -0.1) is 0 Å². The van der Waals surface area contributed by atoms with Gasteiger partial charge in [0.1, 0.15) is 30.3 Å². The molecule has 160 valence electrons. The Kier molecular flexibility index (Phi) is 7.65. The van der Waals surface area contributed by atoms with E-state index in [1.807, 2.05) is 18.2 Å². The van der Waals surface area contributed by atoms with E-state index in [4.69, 9.17) is 9.47 Å². The summed E-state index contributed by atoms with van der Waals surface area (Å²) >= 11 is 0. The van der Waals surface area contributed by atoms with Crippen LogP contribution in [0.25, 0.3) is 12.2 Å². The molecule has 0 amide bonds. The zero-order valence-electron chi connectivity index (χ0n) is 17.5.